The maximum Gasteiger partial charge on any atom is 0.163 e. The molecule has 1 N–H and O–H groups in total. The van der Waals surface area contributed by atoms with Gasteiger partial charge in [-0.2, -0.15) is 0 Å². The Labute approximate surface area is 155 Å². The van der Waals surface area contributed by atoms with E-state index in [4.69, 9.17) is 4.42 Å². The van der Waals surface area contributed by atoms with Crippen molar-refractivity contribution in [2.24, 2.45) is 0 Å². The zero-order valence-corrected chi connectivity index (χ0v) is 16.1. The average molecular weight is 357 g/mol. The second kappa shape index (κ2) is 8.02. The highest BCUT2D eigenvalue weighted by molar-refractivity contribution is 5.35. The van der Waals surface area contributed by atoms with Gasteiger partial charge in [0.2, 0.25) is 0 Å². The molecule has 2 aromatic rings. The molecule has 0 fully saturated rings. The number of nitrogens with zero attached hydrogens (tertiary/aromatic N) is 1. The fraction of sp³-hybridized carbons (Fsp3) is 0.364. The van der Waals surface area contributed by atoms with E-state index in [1.54, 1.807) is 32.0 Å². The molecule has 0 radical (unpaired) electrons. The van der Waals surface area contributed by atoms with E-state index in [0.29, 0.717) is 30.0 Å². The van der Waals surface area contributed by atoms with E-state index in [9.17, 15) is 9.50 Å². The smallest absolute Gasteiger partial charge is 0.163 e. The molecule has 0 aliphatic rings. The maximum atomic E-state index is 13.5. The van der Waals surface area contributed by atoms with Crippen LogP contribution >= 0.6 is 0 Å². The minimum Gasteiger partial charge on any atom is -0.461 e. The topological polar surface area (TPSA) is 36.6 Å². The van der Waals surface area contributed by atoms with Crippen LogP contribution in [-0.2, 0) is 18.7 Å². The van der Waals surface area contributed by atoms with Gasteiger partial charge in [-0.15, -0.1) is 0 Å². The minimum atomic E-state index is -1.37. The van der Waals surface area contributed by atoms with Crippen molar-refractivity contribution in [1.82, 2.24) is 4.90 Å². The minimum absolute atomic E-state index is 0.237. The first-order valence-electron chi connectivity index (χ1n) is 8.76. The summed E-state index contributed by atoms with van der Waals surface area (Å²) in [6, 6.07) is 10.5. The first kappa shape index (κ1) is 20.1. The molecular formula is C22H28FNO2. The highest BCUT2D eigenvalue weighted by Gasteiger charge is 2.35. The third-order valence-electron chi connectivity index (χ3n) is 4.62. The Bertz CT molecular complexity index is 777. The fourth-order valence-corrected chi connectivity index (χ4v) is 2.93. The van der Waals surface area contributed by atoms with Crippen molar-refractivity contribution in [3.8, 4) is 0 Å². The summed E-state index contributed by atoms with van der Waals surface area (Å²) in [5, 5.41) is 10.9. The summed E-state index contributed by atoms with van der Waals surface area (Å²) in [5.74, 6) is 0.910. The summed E-state index contributed by atoms with van der Waals surface area (Å²) < 4.78 is 19.4. The van der Waals surface area contributed by atoms with Crippen molar-refractivity contribution in [2.75, 3.05) is 0 Å². The summed E-state index contributed by atoms with van der Waals surface area (Å²) in [7, 11) is 0. The third-order valence-corrected chi connectivity index (χ3v) is 4.62. The first-order chi connectivity index (χ1) is 12.1. The highest BCUT2D eigenvalue weighted by Crippen LogP contribution is 2.36. The van der Waals surface area contributed by atoms with Gasteiger partial charge in [-0.05, 0) is 68.7 Å². The monoisotopic (exact) mass is 357 g/mol. The van der Waals surface area contributed by atoms with E-state index in [1.807, 2.05) is 12.1 Å². The maximum absolute atomic E-state index is 13.5. The van der Waals surface area contributed by atoms with Crippen LogP contribution in [0, 0.1) is 5.82 Å². The van der Waals surface area contributed by atoms with Crippen molar-refractivity contribution >= 4 is 0 Å². The SMILES string of the molecule is C=C(C)C(O)(C(=C)C)c1ccc(CN(Cc2cccc(F)c2)C(C)C)o1. The Kier molecular flexibility index (Phi) is 6.21. The first-order valence-corrected chi connectivity index (χ1v) is 8.76. The molecule has 0 saturated carbocycles. The summed E-state index contributed by atoms with van der Waals surface area (Å²) in [6.07, 6.45) is 0. The number of hydrogen-bond donors (Lipinski definition) is 1. The fourth-order valence-electron chi connectivity index (χ4n) is 2.93. The van der Waals surface area contributed by atoms with Crippen LogP contribution in [0.3, 0.4) is 0 Å². The molecule has 3 nitrogen and oxygen atoms in total. The van der Waals surface area contributed by atoms with Crippen LogP contribution in [-0.4, -0.2) is 16.0 Å². The summed E-state index contributed by atoms with van der Waals surface area (Å²) in [5.41, 5.74) is 0.660. The van der Waals surface area contributed by atoms with Gasteiger partial charge in [-0.1, -0.05) is 25.3 Å². The summed E-state index contributed by atoms with van der Waals surface area (Å²) >= 11 is 0. The molecule has 26 heavy (non-hydrogen) atoms. The van der Waals surface area contributed by atoms with Gasteiger partial charge in [0.25, 0.3) is 0 Å². The number of benzene rings is 1. The van der Waals surface area contributed by atoms with Crippen molar-refractivity contribution < 1.29 is 13.9 Å². The molecule has 0 unspecified atom stereocenters. The Morgan fingerprint density at radius 1 is 1.15 bits per heavy atom. The van der Waals surface area contributed by atoms with Gasteiger partial charge in [0.05, 0.1) is 6.54 Å². The van der Waals surface area contributed by atoms with Crippen LogP contribution in [0.2, 0.25) is 0 Å². The quantitative estimate of drug-likeness (QED) is 0.662. The normalized spacial score (nSPS) is 12.0. The lowest BCUT2D eigenvalue weighted by Crippen LogP contribution is -2.30. The van der Waals surface area contributed by atoms with E-state index in [0.717, 1.165) is 11.3 Å². The molecule has 4 heteroatoms. The number of aliphatic hydroxyl groups is 1. The molecule has 1 heterocycles. The molecule has 0 aliphatic heterocycles. The summed E-state index contributed by atoms with van der Waals surface area (Å²) in [4.78, 5) is 2.18. The Morgan fingerprint density at radius 2 is 1.81 bits per heavy atom. The van der Waals surface area contributed by atoms with E-state index in [2.05, 4.69) is 31.9 Å². The molecule has 0 aliphatic carbocycles. The van der Waals surface area contributed by atoms with Gasteiger partial charge in [0.15, 0.2) is 5.60 Å². The van der Waals surface area contributed by atoms with Gasteiger partial charge < -0.3 is 9.52 Å². The van der Waals surface area contributed by atoms with Crippen LogP contribution < -0.4 is 0 Å². The van der Waals surface area contributed by atoms with Crippen molar-refractivity contribution in [3.05, 3.63) is 83.6 Å². The van der Waals surface area contributed by atoms with Crippen LogP contribution in [0.25, 0.3) is 0 Å². The van der Waals surface area contributed by atoms with Crippen molar-refractivity contribution in [1.29, 1.82) is 0 Å². The van der Waals surface area contributed by atoms with Gasteiger partial charge in [-0.3, -0.25) is 4.90 Å². The molecule has 2 rings (SSSR count). The number of furan rings is 1. The van der Waals surface area contributed by atoms with Crippen LogP contribution in [0.4, 0.5) is 4.39 Å². The second-order valence-electron chi connectivity index (χ2n) is 7.17. The van der Waals surface area contributed by atoms with Gasteiger partial charge in [0.1, 0.15) is 17.3 Å². The largest absolute Gasteiger partial charge is 0.461 e. The third kappa shape index (κ3) is 4.32. The lowest BCUT2D eigenvalue weighted by atomic mass is 9.87. The van der Waals surface area contributed by atoms with Crippen LogP contribution in [0.15, 0.2) is 65.1 Å². The molecule has 0 atom stereocenters. The number of hydrogen-bond acceptors (Lipinski definition) is 3. The van der Waals surface area contributed by atoms with Crippen molar-refractivity contribution in [2.45, 2.75) is 52.4 Å². The Morgan fingerprint density at radius 3 is 2.35 bits per heavy atom. The summed E-state index contributed by atoms with van der Waals surface area (Å²) in [6.45, 7) is 16.6. The van der Waals surface area contributed by atoms with Crippen LogP contribution in [0.5, 0.6) is 0 Å². The molecule has 1 aromatic heterocycles. The molecule has 0 amide bonds. The second-order valence-corrected chi connectivity index (χ2v) is 7.17. The zero-order valence-electron chi connectivity index (χ0n) is 16.1. The van der Waals surface area contributed by atoms with Crippen molar-refractivity contribution in [3.63, 3.8) is 0 Å². The number of halogens is 1. The van der Waals surface area contributed by atoms with Gasteiger partial charge >= 0.3 is 0 Å². The van der Waals surface area contributed by atoms with E-state index in [1.165, 1.54) is 6.07 Å². The predicted octanol–water partition coefficient (Wildman–Crippen LogP) is 5.17. The van der Waals surface area contributed by atoms with Gasteiger partial charge in [-0.25, -0.2) is 4.39 Å². The molecule has 1 aromatic carbocycles. The Hall–Kier alpha value is -2.17. The Balaban J connectivity index is 2.21. The average Bonchev–Trinajstić information content (AvgIpc) is 3.02. The molecule has 140 valence electrons. The zero-order chi connectivity index (χ0) is 19.5. The van der Waals surface area contributed by atoms with E-state index >= 15 is 0 Å². The number of rotatable bonds is 8. The lowest BCUT2D eigenvalue weighted by molar-refractivity contribution is 0.0868. The predicted molar refractivity (Wildman–Crippen MR) is 103 cm³/mol. The molecule has 0 saturated heterocycles. The molecule has 0 bridgehead atoms. The van der Waals surface area contributed by atoms with Crippen LogP contribution in [0.1, 0.15) is 44.8 Å². The van der Waals surface area contributed by atoms with E-state index in [-0.39, 0.29) is 11.9 Å². The molecular weight excluding hydrogens is 329 g/mol. The lowest BCUT2D eigenvalue weighted by Gasteiger charge is -2.28. The standard InChI is InChI=1S/C22H28FNO2/c1-15(2)22(25,16(3)4)21-11-10-20(26-21)14-24(17(5)6)13-18-8-7-9-19(23)12-18/h7-12,17,25H,1,3,13-14H2,2,4-6H3. The molecule has 0 spiro atoms. The van der Waals surface area contributed by atoms with E-state index < -0.39 is 5.60 Å². The highest BCUT2D eigenvalue weighted by atomic mass is 19.1. The van der Waals surface area contributed by atoms with Gasteiger partial charge in [0, 0.05) is 12.6 Å².